The van der Waals surface area contributed by atoms with Crippen LogP contribution < -0.4 is 10.5 Å². The summed E-state index contributed by atoms with van der Waals surface area (Å²) < 4.78 is 32.3. The summed E-state index contributed by atoms with van der Waals surface area (Å²) in [5.41, 5.74) is 7.25. The number of benzene rings is 2. The van der Waals surface area contributed by atoms with Gasteiger partial charge in [-0.1, -0.05) is 41.9 Å². The summed E-state index contributed by atoms with van der Waals surface area (Å²) in [7, 11) is -2.16. The summed E-state index contributed by atoms with van der Waals surface area (Å²) >= 11 is 6.06. The van der Waals surface area contributed by atoms with E-state index in [4.69, 9.17) is 22.1 Å². The van der Waals surface area contributed by atoms with Crippen molar-refractivity contribution in [1.29, 1.82) is 0 Å². The van der Waals surface area contributed by atoms with Gasteiger partial charge < -0.3 is 10.5 Å². The lowest BCUT2D eigenvalue weighted by Crippen LogP contribution is -2.32. The zero-order valence-electron chi connectivity index (χ0n) is 13.2. The third kappa shape index (κ3) is 3.15. The Labute approximate surface area is 147 Å². The van der Waals surface area contributed by atoms with Crippen LogP contribution in [0.4, 0.5) is 0 Å². The molecule has 0 aromatic heterocycles. The standard InChI is InChI=1S/C17H19ClN2O3S/c1-23-17-8-7-13(9-15(17)18)24(21,22)20-10-14(16(19)11-20)12-5-3-2-4-6-12/h2-9,14,16H,10-11,19H2,1H3/t14-,16+/m0/s1. The highest BCUT2D eigenvalue weighted by Gasteiger charge is 2.38. The molecule has 0 bridgehead atoms. The van der Waals surface area contributed by atoms with E-state index < -0.39 is 10.0 Å². The van der Waals surface area contributed by atoms with Crippen molar-refractivity contribution >= 4 is 21.6 Å². The first-order valence-electron chi connectivity index (χ1n) is 7.57. The Bertz CT molecular complexity index is 827. The van der Waals surface area contributed by atoms with Crippen LogP contribution in [0.15, 0.2) is 53.4 Å². The zero-order chi connectivity index (χ0) is 17.3. The highest BCUT2D eigenvalue weighted by molar-refractivity contribution is 7.89. The van der Waals surface area contributed by atoms with Crippen molar-refractivity contribution in [3.63, 3.8) is 0 Å². The summed E-state index contributed by atoms with van der Waals surface area (Å²) in [4.78, 5) is 0.147. The Morgan fingerprint density at radius 1 is 1.17 bits per heavy atom. The molecular weight excluding hydrogens is 348 g/mol. The number of rotatable bonds is 4. The van der Waals surface area contributed by atoms with Gasteiger partial charge in [0.25, 0.3) is 0 Å². The minimum absolute atomic E-state index is 0.0188. The number of halogens is 1. The van der Waals surface area contributed by atoms with Gasteiger partial charge in [0, 0.05) is 25.0 Å². The van der Waals surface area contributed by atoms with Crippen LogP contribution in [0.3, 0.4) is 0 Å². The van der Waals surface area contributed by atoms with Gasteiger partial charge in [0.15, 0.2) is 0 Å². The number of methoxy groups -OCH3 is 1. The van der Waals surface area contributed by atoms with Crippen LogP contribution in [0.2, 0.25) is 5.02 Å². The summed E-state index contributed by atoms with van der Waals surface area (Å²) in [6.07, 6.45) is 0. The Hall–Kier alpha value is -1.60. The number of hydrogen-bond acceptors (Lipinski definition) is 4. The van der Waals surface area contributed by atoms with Gasteiger partial charge in [-0.2, -0.15) is 4.31 Å². The molecule has 24 heavy (non-hydrogen) atoms. The van der Waals surface area contributed by atoms with Crippen molar-refractivity contribution < 1.29 is 13.2 Å². The van der Waals surface area contributed by atoms with E-state index in [0.717, 1.165) is 5.56 Å². The van der Waals surface area contributed by atoms with E-state index in [0.29, 0.717) is 12.3 Å². The second kappa shape index (κ2) is 6.72. The fraction of sp³-hybridized carbons (Fsp3) is 0.294. The van der Waals surface area contributed by atoms with Crippen LogP contribution in [0, 0.1) is 0 Å². The van der Waals surface area contributed by atoms with Gasteiger partial charge in [-0.15, -0.1) is 0 Å². The maximum absolute atomic E-state index is 12.9. The molecule has 3 rings (SSSR count). The van der Waals surface area contributed by atoms with E-state index in [-0.39, 0.29) is 28.4 Å². The molecule has 7 heteroatoms. The Balaban J connectivity index is 1.87. The number of nitrogens with two attached hydrogens (primary N) is 1. The van der Waals surface area contributed by atoms with Crippen LogP contribution in [0.5, 0.6) is 5.75 Å². The quantitative estimate of drug-likeness (QED) is 0.902. The molecule has 2 N–H and O–H groups in total. The largest absolute Gasteiger partial charge is 0.495 e. The first-order chi connectivity index (χ1) is 11.4. The molecule has 0 spiro atoms. The third-order valence-corrected chi connectivity index (χ3v) is 6.44. The first kappa shape index (κ1) is 17.2. The van der Waals surface area contributed by atoms with E-state index in [1.165, 1.54) is 23.5 Å². The molecule has 128 valence electrons. The lowest BCUT2D eigenvalue weighted by atomic mass is 9.95. The summed E-state index contributed by atoms with van der Waals surface area (Å²) in [5, 5.41) is 0.265. The van der Waals surface area contributed by atoms with Crippen molar-refractivity contribution in [3.05, 3.63) is 59.1 Å². The smallest absolute Gasteiger partial charge is 0.243 e. The Morgan fingerprint density at radius 2 is 1.88 bits per heavy atom. The molecule has 2 atom stereocenters. The molecule has 0 saturated carbocycles. The molecule has 1 fully saturated rings. The summed E-state index contributed by atoms with van der Waals surface area (Å²) in [6.45, 7) is 0.642. The molecule has 5 nitrogen and oxygen atoms in total. The molecule has 1 heterocycles. The highest BCUT2D eigenvalue weighted by atomic mass is 35.5. The van der Waals surface area contributed by atoms with Crippen LogP contribution >= 0.6 is 11.6 Å². The van der Waals surface area contributed by atoms with Gasteiger partial charge >= 0.3 is 0 Å². The van der Waals surface area contributed by atoms with Crippen molar-refractivity contribution in [2.24, 2.45) is 5.73 Å². The molecule has 2 aromatic carbocycles. The SMILES string of the molecule is COc1ccc(S(=O)(=O)N2C[C@@H](N)[C@H](c3ccccc3)C2)cc1Cl. The predicted molar refractivity (Wildman–Crippen MR) is 93.9 cm³/mol. The second-order valence-corrected chi connectivity index (χ2v) is 8.14. The average molecular weight is 367 g/mol. The summed E-state index contributed by atoms with van der Waals surface area (Å²) in [5.74, 6) is 0.422. The molecule has 1 aliphatic heterocycles. The molecule has 1 saturated heterocycles. The first-order valence-corrected chi connectivity index (χ1v) is 9.39. The van der Waals surface area contributed by atoms with Crippen molar-refractivity contribution in [1.82, 2.24) is 4.31 Å². The van der Waals surface area contributed by atoms with Gasteiger partial charge in [0.05, 0.1) is 17.0 Å². The Kier molecular flexibility index (Phi) is 4.83. The topological polar surface area (TPSA) is 72.6 Å². The Morgan fingerprint density at radius 3 is 2.50 bits per heavy atom. The molecule has 0 radical (unpaired) electrons. The zero-order valence-corrected chi connectivity index (χ0v) is 14.8. The number of sulfonamides is 1. The van der Waals surface area contributed by atoms with Crippen molar-refractivity contribution in [3.8, 4) is 5.75 Å². The fourth-order valence-electron chi connectivity index (χ4n) is 3.00. The van der Waals surface area contributed by atoms with Crippen LogP contribution in [-0.4, -0.2) is 39.0 Å². The molecular formula is C17H19ClN2O3S. The molecule has 2 aromatic rings. The number of ether oxygens (including phenoxy) is 1. The van der Waals surface area contributed by atoms with Gasteiger partial charge in [-0.05, 0) is 23.8 Å². The molecule has 0 amide bonds. The van der Waals surface area contributed by atoms with Crippen LogP contribution in [-0.2, 0) is 10.0 Å². The van der Waals surface area contributed by atoms with Crippen molar-refractivity contribution in [2.45, 2.75) is 16.9 Å². The normalized spacial score (nSPS) is 21.8. The molecule has 0 aliphatic carbocycles. The number of hydrogen-bond donors (Lipinski definition) is 1. The fourth-order valence-corrected chi connectivity index (χ4v) is 4.85. The molecule has 1 aliphatic rings. The van der Waals surface area contributed by atoms with Crippen molar-refractivity contribution in [2.75, 3.05) is 20.2 Å². The van der Waals surface area contributed by atoms with Gasteiger partial charge in [-0.25, -0.2) is 8.42 Å². The van der Waals surface area contributed by atoms with E-state index in [9.17, 15) is 8.42 Å². The van der Waals surface area contributed by atoms with Crippen LogP contribution in [0.1, 0.15) is 11.5 Å². The van der Waals surface area contributed by atoms with E-state index >= 15 is 0 Å². The minimum atomic E-state index is -3.65. The maximum Gasteiger partial charge on any atom is 0.243 e. The minimum Gasteiger partial charge on any atom is -0.495 e. The lowest BCUT2D eigenvalue weighted by molar-refractivity contribution is 0.414. The second-order valence-electron chi connectivity index (χ2n) is 5.80. The van der Waals surface area contributed by atoms with E-state index in [1.54, 1.807) is 6.07 Å². The predicted octanol–water partition coefficient (Wildman–Crippen LogP) is 2.46. The lowest BCUT2D eigenvalue weighted by Gasteiger charge is -2.17. The third-order valence-electron chi connectivity index (χ3n) is 4.32. The maximum atomic E-state index is 12.9. The highest BCUT2D eigenvalue weighted by Crippen LogP contribution is 2.33. The van der Waals surface area contributed by atoms with Gasteiger partial charge in [0.2, 0.25) is 10.0 Å². The van der Waals surface area contributed by atoms with Crippen LogP contribution in [0.25, 0.3) is 0 Å². The molecule has 0 unspecified atom stereocenters. The van der Waals surface area contributed by atoms with Gasteiger partial charge in [-0.3, -0.25) is 0 Å². The average Bonchev–Trinajstić information content (AvgIpc) is 2.98. The van der Waals surface area contributed by atoms with E-state index in [2.05, 4.69) is 0 Å². The van der Waals surface area contributed by atoms with E-state index in [1.807, 2.05) is 30.3 Å². The monoisotopic (exact) mass is 366 g/mol. The number of nitrogens with zero attached hydrogens (tertiary/aromatic N) is 1. The summed E-state index contributed by atoms with van der Waals surface area (Å²) in [6, 6.07) is 14.0. The van der Waals surface area contributed by atoms with Gasteiger partial charge in [0.1, 0.15) is 5.75 Å².